The van der Waals surface area contributed by atoms with Crippen LogP contribution in [0.2, 0.25) is 0 Å². The number of nitrogens with one attached hydrogen (secondary N) is 2. The number of hydrogen-bond donors (Lipinski definition) is 2. The molecule has 0 aromatic carbocycles. The highest BCUT2D eigenvalue weighted by atomic mass is 32.2. The van der Waals surface area contributed by atoms with Crippen LogP contribution in [0.5, 0.6) is 0 Å². The molecule has 2 unspecified atom stereocenters. The second kappa shape index (κ2) is 6.43. The van der Waals surface area contributed by atoms with Crippen molar-refractivity contribution in [3.8, 4) is 0 Å². The maximum atomic E-state index is 12.5. The Balaban J connectivity index is 2.03. The van der Waals surface area contributed by atoms with Crippen molar-refractivity contribution >= 4 is 23.6 Å². The Hall–Kier alpha value is -0.750. The van der Waals surface area contributed by atoms with E-state index in [9.17, 15) is 9.59 Å². The molecule has 2 N–H and O–H groups in total. The van der Waals surface area contributed by atoms with Crippen LogP contribution in [0.1, 0.15) is 19.3 Å². The molecule has 0 aromatic rings. The minimum atomic E-state index is -0.348. The van der Waals surface area contributed by atoms with Gasteiger partial charge >= 0.3 is 0 Å². The molecule has 6 heteroatoms. The second-order valence-electron chi connectivity index (χ2n) is 4.72. The lowest BCUT2D eigenvalue weighted by molar-refractivity contribution is -0.141. The van der Waals surface area contributed by atoms with Crippen LogP contribution in [-0.2, 0) is 9.59 Å². The number of nitrogens with zero attached hydrogens (tertiary/aromatic N) is 1. The highest BCUT2D eigenvalue weighted by molar-refractivity contribution is 8.00. The van der Waals surface area contributed by atoms with Gasteiger partial charge in [0.15, 0.2) is 0 Å². The summed E-state index contributed by atoms with van der Waals surface area (Å²) in [5.41, 5.74) is 0. The van der Waals surface area contributed by atoms with E-state index < -0.39 is 0 Å². The largest absolute Gasteiger partial charge is 0.357 e. The summed E-state index contributed by atoms with van der Waals surface area (Å²) in [7, 11) is 1.62. The predicted octanol–water partition coefficient (Wildman–Crippen LogP) is -0.181. The summed E-state index contributed by atoms with van der Waals surface area (Å²) < 4.78 is 0. The first-order chi connectivity index (χ1) is 8.74. The topological polar surface area (TPSA) is 61.4 Å². The zero-order valence-corrected chi connectivity index (χ0v) is 11.6. The standard InChI is InChI=1S/C12H21N3O2S/c1-13-11(16)9-8-14-5-6-15(9)12(17)10-4-2-3-7-18-10/h9-10,14H,2-8H2,1H3,(H,13,16). The Labute approximate surface area is 112 Å². The Morgan fingerprint density at radius 2 is 2.22 bits per heavy atom. The van der Waals surface area contributed by atoms with Crippen molar-refractivity contribution in [3.63, 3.8) is 0 Å². The van der Waals surface area contributed by atoms with Gasteiger partial charge < -0.3 is 15.5 Å². The van der Waals surface area contributed by atoms with Crippen LogP contribution < -0.4 is 10.6 Å². The highest BCUT2D eigenvalue weighted by Gasteiger charge is 2.35. The number of hydrogen-bond acceptors (Lipinski definition) is 4. The number of rotatable bonds is 2. The van der Waals surface area contributed by atoms with Crippen LogP contribution in [0.3, 0.4) is 0 Å². The van der Waals surface area contributed by atoms with Crippen molar-refractivity contribution in [1.82, 2.24) is 15.5 Å². The monoisotopic (exact) mass is 271 g/mol. The number of carbonyl (C=O) groups is 2. The maximum Gasteiger partial charge on any atom is 0.243 e. The lowest BCUT2D eigenvalue weighted by Gasteiger charge is -2.37. The maximum absolute atomic E-state index is 12.5. The van der Waals surface area contributed by atoms with E-state index in [2.05, 4.69) is 10.6 Å². The Morgan fingerprint density at radius 3 is 2.89 bits per heavy atom. The van der Waals surface area contributed by atoms with Crippen molar-refractivity contribution < 1.29 is 9.59 Å². The van der Waals surface area contributed by atoms with Crippen LogP contribution >= 0.6 is 11.8 Å². The highest BCUT2D eigenvalue weighted by Crippen LogP contribution is 2.27. The van der Waals surface area contributed by atoms with Crippen LogP contribution in [0.4, 0.5) is 0 Å². The van der Waals surface area contributed by atoms with E-state index in [4.69, 9.17) is 0 Å². The van der Waals surface area contributed by atoms with Crippen molar-refractivity contribution in [3.05, 3.63) is 0 Å². The summed E-state index contributed by atoms with van der Waals surface area (Å²) >= 11 is 1.74. The van der Waals surface area contributed by atoms with E-state index in [0.29, 0.717) is 13.1 Å². The van der Waals surface area contributed by atoms with Crippen molar-refractivity contribution in [2.24, 2.45) is 0 Å². The SMILES string of the molecule is CNC(=O)C1CNCCN1C(=O)C1CCCCS1. The van der Waals surface area contributed by atoms with Crippen LogP contribution in [0.15, 0.2) is 0 Å². The van der Waals surface area contributed by atoms with E-state index in [1.807, 2.05) is 0 Å². The third-order valence-corrected chi connectivity index (χ3v) is 4.89. The summed E-state index contributed by atoms with van der Waals surface area (Å²) in [6.07, 6.45) is 3.28. The number of piperazine rings is 1. The minimum absolute atomic E-state index is 0.0593. The molecule has 0 aromatic heterocycles. The first-order valence-corrected chi connectivity index (χ1v) is 7.63. The summed E-state index contributed by atoms with van der Waals surface area (Å²) in [6.45, 7) is 1.97. The van der Waals surface area contributed by atoms with Gasteiger partial charge in [0.2, 0.25) is 11.8 Å². The van der Waals surface area contributed by atoms with Crippen molar-refractivity contribution in [2.45, 2.75) is 30.6 Å². The Kier molecular flexibility index (Phi) is 4.88. The second-order valence-corrected chi connectivity index (χ2v) is 6.03. The fourth-order valence-electron chi connectivity index (χ4n) is 2.49. The number of thioether (sulfide) groups is 1. The molecule has 0 radical (unpaired) electrons. The molecule has 5 nitrogen and oxygen atoms in total. The summed E-state index contributed by atoms with van der Waals surface area (Å²) in [6, 6.07) is -0.348. The van der Waals surface area contributed by atoms with Gasteiger partial charge in [0.05, 0.1) is 5.25 Å². The zero-order chi connectivity index (χ0) is 13.0. The van der Waals surface area contributed by atoms with E-state index in [0.717, 1.165) is 25.1 Å². The molecular formula is C12H21N3O2S. The fraction of sp³-hybridized carbons (Fsp3) is 0.833. The molecular weight excluding hydrogens is 250 g/mol. The van der Waals surface area contributed by atoms with E-state index in [1.165, 1.54) is 6.42 Å². The first-order valence-electron chi connectivity index (χ1n) is 6.58. The minimum Gasteiger partial charge on any atom is -0.357 e. The van der Waals surface area contributed by atoms with Crippen LogP contribution in [-0.4, -0.2) is 60.4 Å². The molecule has 2 heterocycles. The molecule has 2 aliphatic rings. The quantitative estimate of drug-likeness (QED) is 0.731. The van der Waals surface area contributed by atoms with Gasteiger partial charge in [-0.2, -0.15) is 0 Å². The number of likely N-dealkylation sites (N-methyl/N-ethyl adjacent to an activating group) is 1. The molecule has 18 heavy (non-hydrogen) atoms. The molecule has 2 atom stereocenters. The number of amides is 2. The van der Waals surface area contributed by atoms with Crippen LogP contribution in [0, 0.1) is 0 Å². The molecule has 0 aliphatic carbocycles. The molecule has 102 valence electrons. The zero-order valence-electron chi connectivity index (χ0n) is 10.8. The summed E-state index contributed by atoms with van der Waals surface area (Å²) in [5.74, 6) is 1.14. The molecule has 2 rings (SSSR count). The summed E-state index contributed by atoms with van der Waals surface area (Å²) in [4.78, 5) is 26.1. The lowest BCUT2D eigenvalue weighted by Crippen LogP contribution is -2.60. The van der Waals surface area contributed by atoms with Gasteiger partial charge in [-0.3, -0.25) is 9.59 Å². The predicted molar refractivity (Wildman–Crippen MR) is 72.5 cm³/mol. The van der Waals surface area contributed by atoms with E-state index >= 15 is 0 Å². The molecule has 2 amide bonds. The third kappa shape index (κ3) is 2.98. The van der Waals surface area contributed by atoms with E-state index in [-0.39, 0.29) is 23.1 Å². The van der Waals surface area contributed by atoms with Gasteiger partial charge in [-0.05, 0) is 18.6 Å². The Morgan fingerprint density at radius 1 is 1.39 bits per heavy atom. The lowest BCUT2D eigenvalue weighted by atomic mass is 10.1. The molecule has 0 bridgehead atoms. The fourth-order valence-corrected chi connectivity index (χ4v) is 3.76. The van der Waals surface area contributed by atoms with Crippen molar-refractivity contribution in [2.75, 3.05) is 32.4 Å². The van der Waals surface area contributed by atoms with Crippen molar-refractivity contribution in [1.29, 1.82) is 0 Å². The average molecular weight is 271 g/mol. The first kappa shape index (κ1) is 13.7. The molecule has 0 saturated carbocycles. The van der Waals surface area contributed by atoms with Gasteiger partial charge in [-0.25, -0.2) is 0 Å². The Bertz CT molecular complexity index is 318. The van der Waals surface area contributed by atoms with E-state index in [1.54, 1.807) is 23.7 Å². The van der Waals surface area contributed by atoms with Gasteiger partial charge in [0, 0.05) is 26.7 Å². The summed E-state index contributed by atoms with van der Waals surface area (Å²) in [5, 5.41) is 5.88. The normalized spacial score (nSPS) is 28.8. The van der Waals surface area contributed by atoms with Gasteiger partial charge in [0.1, 0.15) is 6.04 Å². The molecule has 2 saturated heterocycles. The molecule has 0 spiro atoms. The molecule has 2 aliphatic heterocycles. The van der Waals surface area contributed by atoms with Gasteiger partial charge in [-0.1, -0.05) is 6.42 Å². The average Bonchev–Trinajstić information content (AvgIpc) is 2.46. The third-order valence-electron chi connectivity index (χ3n) is 3.53. The van der Waals surface area contributed by atoms with Gasteiger partial charge in [0.25, 0.3) is 0 Å². The number of carbonyl (C=O) groups excluding carboxylic acids is 2. The van der Waals surface area contributed by atoms with Crippen LogP contribution in [0.25, 0.3) is 0 Å². The molecule has 2 fully saturated rings. The van der Waals surface area contributed by atoms with Gasteiger partial charge in [-0.15, -0.1) is 11.8 Å². The smallest absolute Gasteiger partial charge is 0.243 e.